The molecule has 0 atom stereocenters. The number of aryl methyl sites for hydroxylation is 1. The number of nitrogens with one attached hydrogen (secondary N) is 1. The molecule has 0 saturated heterocycles. The van der Waals surface area contributed by atoms with E-state index in [1.165, 1.54) is 0 Å². The number of aromatic nitrogens is 1. The second-order valence-corrected chi connectivity index (χ2v) is 5.86. The highest BCUT2D eigenvalue weighted by Crippen LogP contribution is 2.35. The molecule has 2 rings (SSSR count). The van der Waals surface area contributed by atoms with Crippen molar-refractivity contribution in [2.75, 3.05) is 20.2 Å². The SMILES string of the molecule is CCOc1cc(C)c(Cl)cc1-c1csc(CCNC)n1. The standard InChI is InChI=1S/C15H19ClN2OS/c1-4-19-14-7-10(2)12(16)8-11(14)13-9-20-15(18-13)5-6-17-3/h7-9,17H,4-6H2,1-3H3. The molecule has 0 fully saturated rings. The zero-order valence-corrected chi connectivity index (χ0v) is 13.6. The minimum Gasteiger partial charge on any atom is -0.493 e. The monoisotopic (exact) mass is 310 g/mol. The van der Waals surface area contributed by atoms with Crippen LogP contribution in [0.1, 0.15) is 17.5 Å². The summed E-state index contributed by atoms with van der Waals surface area (Å²) in [5.41, 5.74) is 2.92. The lowest BCUT2D eigenvalue weighted by Gasteiger charge is -2.10. The molecular weight excluding hydrogens is 292 g/mol. The van der Waals surface area contributed by atoms with Crippen LogP contribution in [0.15, 0.2) is 17.5 Å². The first-order valence-electron chi connectivity index (χ1n) is 6.68. The molecular formula is C15H19ClN2OS. The molecule has 0 spiro atoms. The van der Waals surface area contributed by atoms with Gasteiger partial charge in [-0.3, -0.25) is 0 Å². The van der Waals surface area contributed by atoms with Crippen LogP contribution in [0.25, 0.3) is 11.3 Å². The van der Waals surface area contributed by atoms with Crippen molar-refractivity contribution in [1.82, 2.24) is 10.3 Å². The van der Waals surface area contributed by atoms with Crippen molar-refractivity contribution < 1.29 is 4.74 Å². The molecule has 0 amide bonds. The predicted octanol–water partition coefficient (Wildman–Crippen LogP) is 3.93. The largest absolute Gasteiger partial charge is 0.493 e. The number of likely N-dealkylation sites (N-methyl/N-ethyl adjacent to an activating group) is 1. The summed E-state index contributed by atoms with van der Waals surface area (Å²) in [5.74, 6) is 0.847. The fourth-order valence-corrected chi connectivity index (χ4v) is 2.87. The van der Waals surface area contributed by atoms with E-state index in [0.29, 0.717) is 6.61 Å². The van der Waals surface area contributed by atoms with Crippen LogP contribution in [-0.4, -0.2) is 25.2 Å². The van der Waals surface area contributed by atoms with Gasteiger partial charge >= 0.3 is 0 Å². The number of ether oxygens (including phenoxy) is 1. The van der Waals surface area contributed by atoms with Crippen LogP contribution < -0.4 is 10.1 Å². The predicted molar refractivity (Wildman–Crippen MR) is 86.1 cm³/mol. The molecule has 108 valence electrons. The summed E-state index contributed by atoms with van der Waals surface area (Å²) in [6.07, 6.45) is 0.935. The van der Waals surface area contributed by atoms with Crippen molar-refractivity contribution in [3.63, 3.8) is 0 Å². The molecule has 1 N–H and O–H groups in total. The lowest BCUT2D eigenvalue weighted by atomic mass is 10.1. The van der Waals surface area contributed by atoms with Gasteiger partial charge in [-0.15, -0.1) is 11.3 Å². The third-order valence-corrected chi connectivity index (χ3v) is 4.29. The fraction of sp³-hybridized carbons (Fsp3) is 0.400. The van der Waals surface area contributed by atoms with E-state index in [0.717, 1.165) is 45.6 Å². The highest BCUT2D eigenvalue weighted by molar-refractivity contribution is 7.09. The smallest absolute Gasteiger partial charge is 0.129 e. The lowest BCUT2D eigenvalue weighted by Crippen LogP contribution is -2.09. The molecule has 3 nitrogen and oxygen atoms in total. The first-order valence-corrected chi connectivity index (χ1v) is 7.93. The first-order chi connectivity index (χ1) is 9.65. The van der Waals surface area contributed by atoms with E-state index in [9.17, 15) is 0 Å². The number of rotatable bonds is 6. The van der Waals surface area contributed by atoms with Gasteiger partial charge in [-0.2, -0.15) is 0 Å². The van der Waals surface area contributed by atoms with Crippen LogP contribution in [-0.2, 0) is 6.42 Å². The van der Waals surface area contributed by atoms with E-state index in [2.05, 4.69) is 15.7 Å². The van der Waals surface area contributed by atoms with Crippen LogP contribution in [0.3, 0.4) is 0 Å². The molecule has 0 unspecified atom stereocenters. The quantitative estimate of drug-likeness (QED) is 0.877. The van der Waals surface area contributed by atoms with E-state index < -0.39 is 0 Å². The maximum Gasteiger partial charge on any atom is 0.129 e. The molecule has 2 aromatic rings. The number of benzene rings is 1. The zero-order chi connectivity index (χ0) is 14.5. The summed E-state index contributed by atoms with van der Waals surface area (Å²) in [4.78, 5) is 4.67. The molecule has 0 radical (unpaired) electrons. The average Bonchev–Trinajstić information content (AvgIpc) is 2.89. The van der Waals surface area contributed by atoms with Crippen molar-refractivity contribution in [2.24, 2.45) is 0 Å². The molecule has 5 heteroatoms. The number of hydrogen-bond donors (Lipinski definition) is 1. The zero-order valence-electron chi connectivity index (χ0n) is 12.0. The Bertz CT molecular complexity index is 583. The van der Waals surface area contributed by atoms with Crippen LogP contribution in [0, 0.1) is 6.92 Å². The van der Waals surface area contributed by atoms with Gasteiger partial charge in [0.1, 0.15) is 5.75 Å². The van der Waals surface area contributed by atoms with Crippen LogP contribution in [0.5, 0.6) is 5.75 Å². The van der Waals surface area contributed by atoms with Crippen molar-refractivity contribution >= 4 is 22.9 Å². The number of thiazole rings is 1. The maximum atomic E-state index is 6.24. The van der Waals surface area contributed by atoms with Gasteiger partial charge in [-0.05, 0) is 38.6 Å². The Morgan fingerprint density at radius 2 is 2.20 bits per heavy atom. The summed E-state index contributed by atoms with van der Waals surface area (Å²) in [5, 5.41) is 7.06. The second kappa shape index (κ2) is 7.07. The Balaban J connectivity index is 2.35. The number of nitrogens with zero attached hydrogens (tertiary/aromatic N) is 1. The lowest BCUT2D eigenvalue weighted by molar-refractivity contribution is 0.341. The Kier molecular flexibility index (Phi) is 5.40. The van der Waals surface area contributed by atoms with Crippen molar-refractivity contribution in [3.05, 3.63) is 33.1 Å². The van der Waals surface area contributed by atoms with Crippen LogP contribution in [0.2, 0.25) is 5.02 Å². The summed E-state index contributed by atoms with van der Waals surface area (Å²) in [7, 11) is 1.95. The van der Waals surface area contributed by atoms with E-state index in [4.69, 9.17) is 16.3 Å². The summed E-state index contributed by atoms with van der Waals surface area (Å²) >= 11 is 7.91. The molecule has 0 saturated carbocycles. The minimum atomic E-state index is 0.630. The van der Waals surface area contributed by atoms with E-state index in [1.807, 2.05) is 33.0 Å². The van der Waals surface area contributed by atoms with Gasteiger partial charge in [-0.1, -0.05) is 11.6 Å². The van der Waals surface area contributed by atoms with Gasteiger partial charge in [0.05, 0.1) is 17.3 Å². The van der Waals surface area contributed by atoms with Gasteiger partial charge in [0.2, 0.25) is 0 Å². The third kappa shape index (κ3) is 3.51. The van der Waals surface area contributed by atoms with Gasteiger partial charge in [0.25, 0.3) is 0 Å². The normalized spacial score (nSPS) is 10.8. The molecule has 20 heavy (non-hydrogen) atoms. The van der Waals surface area contributed by atoms with Crippen molar-refractivity contribution in [1.29, 1.82) is 0 Å². The molecule has 0 aliphatic carbocycles. The first kappa shape index (κ1) is 15.3. The highest BCUT2D eigenvalue weighted by atomic mass is 35.5. The van der Waals surface area contributed by atoms with E-state index >= 15 is 0 Å². The highest BCUT2D eigenvalue weighted by Gasteiger charge is 2.13. The van der Waals surface area contributed by atoms with Crippen LogP contribution in [0.4, 0.5) is 0 Å². The molecule has 0 aliphatic rings. The molecule has 1 aromatic heterocycles. The topological polar surface area (TPSA) is 34.1 Å². The molecule has 0 aliphatic heterocycles. The van der Waals surface area contributed by atoms with Crippen molar-refractivity contribution in [3.8, 4) is 17.0 Å². The number of halogens is 1. The summed E-state index contributed by atoms with van der Waals surface area (Å²) in [6, 6.07) is 3.92. The summed E-state index contributed by atoms with van der Waals surface area (Å²) in [6.45, 7) is 5.52. The molecule has 1 heterocycles. The Labute approximate surface area is 129 Å². The van der Waals surface area contributed by atoms with Crippen LogP contribution >= 0.6 is 22.9 Å². The minimum absolute atomic E-state index is 0.630. The Hall–Kier alpha value is -1.10. The Morgan fingerprint density at radius 3 is 2.90 bits per heavy atom. The fourth-order valence-electron chi connectivity index (χ4n) is 1.91. The van der Waals surface area contributed by atoms with Crippen molar-refractivity contribution in [2.45, 2.75) is 20.3 Å². The maximum absolute atomic E-state index is 6.24. The van der Waals surface area contributed by atoms with E-state index in [-0.39, 0.29) is 0 Å². The molecule has 0 bridgehead atoms. The second-order valence-electron chi connectivity index (χ2n) is 4.51. The Morgan fingerprint density at radius 1 is 1.40 bits per heavy atom. The van der Waals surface area contributed by atoms with Gasteiger partial charge in [0.15, 0.2) is 0 Å². The summed E-state index contributed by atoms with van der Waals surface area (Å²) < 4.78 is 5.71. The van der Waals surface area contributed by atoms with Gasteiger partial charge in [0, 0.05) is 28.9 Å². The third-order valence-electron chi connectivity index (χ3n) is 2.98. The van der Waals surface area contributed by atoms with E-state index in [1.54, 1.807) is 11.3 Å². The van der Waals surface area contributed by atoms with Gasteiger partial charge in [-0.25, -0.2) is 4.98 Å². The molecule has 1 aromatic carbocycles. The number of hydrogen-bond acceptors (Lipinski definition) is 4. The average molecular weight is 311 g/mol. The van der Waals surface area contributed by atoms with Gasteiger partial charge < -0.3 is 10.1 Å².